The summed E-state index contributed by atoms with van der Waals surface area (Å²) in [5, 5.41) is 6.78. The highest BCUT2D eigenvalue weighted by Gasteiger charge is 2.17. The van der Waals surface area contributed by atoms with Gasteiger partial charge in [-0.05, 0) is 30.9 Å². The number of thioether (sulfide) groups is 1. The van der Waals surface area contributed by atoms with E-state index in [1.54, 1.807) is 0 Å². The van der Waals surface area contributed by atoms with Crippen LogP contribution in [0.5, 0.6) is 0 Å². The molecule has 3 nitrogen and oxygen atoms in total. The Bertz CT molecular complexity index is 228. The summed E-state index contributed by atoms with van der Waals surface area (Å²) in [5.41, 5.74) is 0. The summed E-state index contributed by atoms with van der Waals surface area (Å²) in [5.74, 6) is 3.86. The molecule has 2 N–H and O–H groups in total. The number of aliphatic imine (C=N–C) groups is 1. The van der Waals surface area contributed by atoms with Crippen molar-refractivity contribution < 1.29 is 0 Å². The van der Waals surface area contributed by atoms with Crippen molar-refractivity contribution in [3.8, 4) is 0 Å². The maximum atomic E-state index is 4.24. The molecule has 0 aromatic rings. The predicted octanol–water partition coefficient (Wildman–Crippen LogP) is 2.96. The first kappa shape index (κ1) is 18.4. The third kappa shape index (κ3) is 7.71. The quantitative estimate of drug-likeness (QED) is 0.331. The van der Waals surface area contributed by atoms with E-state index in [1.165, 1.54) is 25.7 Å². The Morgan fingerprint density at radius 1 is 1.22 bits per heavy atom. The Hall–Kier alpha value is 0.350. The molecule has 0 atom stereocenters. The average molecular weight is 385 g/mol. The molecule has 0 heterocycles. The van der Waals surface area contributed by atoms with Crippen LogP contribution in [0.2, 0.25) is 0 Å². The van der Waals surface area contributed by atoms with Crippen LogP contribution < -0.4 is 10.6 Å². The van der Waals surface area contributed by atoms with Crippen LogP contribution >= 0.6 is 35.7 Å². The first-order valence-electron chi connectivity index (χ1n) is 6.69. The van der Waals surface area contributed by atoms with Crippen LogP contribution in [0.3, 0.4) is 0 Å². The topological polar surface area (TPSA) is 36.4 Å². The molecule has 1 saturated carbocycles. The monoisotopic (exact) mass is 385 g/mol. The first-order valence-corrected chi connectivity index (χ1v) is 8.09. The van der Waals surface area contributed by atoms with Gasteiger partial charge in [-0.2, -0.15) is 11.8 Å². The van der Waals surface area contributed by atoms with E-state index < -0.39 is 0 Å². The summed E-state index contributed by atoms with van der Waals surface area (Å²) in [6, 6.07) is 0. The Kier molecular flexibility index (Phi) is 11.4. The molecule has 108 valence electrons. The molecule has 1 aliphatic carbocycles. The van der Waals surface area contributed by atoms with Crippen molar-refractivity contribution in [1.82, 2.24) is 10.6 Å². The van der Waals surface area contributed by atoms with E-state index in [-0.39, 0.29) is 24.0 Å². The van der Waals surface area contributed by atoms with E-state index in [9.17, 15) is 0 Å². The van der Waals surface area contributed by atoms with Gasteiger partial charge in [0.25, 0.3) is 0 Å². The maximum Gasteiger partial charge on any atom is 0.191 e. The van der Waals surface area contributed by atoms with Crippen LogP contribution in [0.15, 0.2) is 4.99 Å². The first-order chi connectivity index (χ1) is 8.26. The lowest BCUT2D eigenvalue weighted by Gasteiger charge is -2.26. The Labute approximate surface area is 133 Å². The fourth-order valence-corrected chi connectivity index (χ4v) is 2.57. The lowest BCUT2D eigenvalue weighted by Crippen LogP contribution is -2.41. The van der Waals surface area contributed by atoms with E-state index in [2.05, 4.69) is 28.8 Å². The standard InChI is InChI=1S/C13H27N3S.HI/c1-11-4-6-12(7-5-11)10-16-13(14-2)15-8-9-17-3;/h11-12H,4-10H2,1-3H3,(H2,14,15,16);1H. The molecule has 0 unspecified atom stereocenters. The van der Waals surface area contributed by atoms with Crippen molar-refractivity contribution in [2.45, 2.75) is 32.6 Å². The molecule has 1 rings (SSSR count). The average Bonchev–Trinajstić information content (AvgIpc) is 2.35. The highest BCUT2D eigenvalue weighted by atomic mass is 127. The molecule has 0 bridgehead atoms. The van der Waals surface area contributed by atoms with Gasteiger partial charge in [0.2, 0.25) is 0 Å². The molecule has 1 fully saturated rings. The SMILES string of the molecule is CN=C(NCCSC)NCC1CCC(C)CC1.I. The molecule has 0 aromatic carbocycles. The summed E-state index contributed by atoms with van der Waals surface area (Å²) in [7, 11) is 1.84. The number of rotatable bonds is 5. The van der Waals surface area contributed by atoms with Gasteiger partial charge in [-0.3, -0.25) is 4.99 Å². The second-order valence-corrected chi connectivity index (χ2v) is 5.98. The van der Waals surface area contributed by atoms with Crippen LogP contribution in [0.4, 0.5) is 0 Å². The van der Waals surface area contributed by atoms with E-state index in [0.29, 0.717) is 0 Å². The summed E-state index contributed by atoms with van der Waals surface area (Å²) in [6.45, 7) is 4.43. The van der Waals surface area contributed by atoms with Crippen LogP contribution in [0, 0.1) is 11.8 Å². The van der Waals surface area contributed by atoms with Gasteiger partial charge in [-0.25, -0.2) is 0 Å². The molecule has 0 spiro atoms. The molecule has 0 radical (unpaired) electrons. The van der Waals surface area contributed by atoms with E-state index in [1.807, 2.05) is 18.8 Å². The largest absolute Gasteiger partial charge is 0.356 e. The number of hydrogen-bond acceptors (Lipinski definition) is 2. The lowest BCUT2D eigenvalue weighted by molar-refractivity contribution is 0.289. The van der Waals surface area contributed by atoms with Gasteiger partial charge in [0, 0.05) is 25.9 Å². The zero-order chi connectivity index (χ0) is 12.5. The minimum absolute atomic E-state index is 0. The van der Waals surface area contributed by atoms with Gasteiger partial charge in [0.15, 0.2) is 5.96 Å². The number of hydrogen-bond donors (Lipinski definition) is 2. The molecule has 18 heavy (non-hydrogen) atoms. The minimum Gasteiger partial charge on any atom is -0.356 e. The molecular formula is C13H28IN3S. The summed E-state index contributed by atoms with van der Waals surface area (Å²) >= 11 is 1.86. The molecule has 5 heteroatoms. The summed E-state index contributed by atoms with van der Waals surface area (Å²) < 4.78 is 0. The van der Waals surface area contributed by atoms with E-state index in [4.69, 9.17) is 0 Å². The van der Waals surface area contributed by atoms with Gasteiger partial charge in [0.1, 0.15) is 0 Å². The highest BCUT2D eigenvalue weighted by Crippen LogP contribution is 2.27. The van der Waals surface area contributed by atoms with Crippen LogP contribution in [-0.4, -0.2) is 38.1 Å². The normalized spacial score (nSPS) is 24.3. The highest BCUT2D eigenvalue weighted by molar-refractivity contribution is 14.0. The van der Waals surface area contributed by atoms with Gasteiger partial charge >= 0.3 is 0 Å². The predicted molar refractivity (Wildman–Crippen MR) is 94.3 cm³/mol. The third-order valence-electron chi connectivity index (χ3n) is 3.52. The second kappa shape index (κ2) is 11.2. The lowest BCUT2D eigenvalue weighted by atomic mass is 9.83. The number of guanidine groups is 1. The van der Waals surface area contributed by atoms with Crippen molar-refractivity contribution in [3.05, 3.63) is 0 Å². The molecule has 0 aliphatic heterocycles. The van der Waals surface area contributed by atoms with Crippen molar-refractivity contribution in [3.63, 3.8) is 0 Å². The van der Waals surface area contributed by atoms with Crippen LogP contribution in [0.25, 0.3) is 0 Å². The van der Waals surface area contributed by atoms with Gasteiger partial charge in [0.05, 0.1) is 0 Å². The van der Waals surface area contributed by atoms with Crippen molar-refractivity contribution in [2.24, 2.45) is 16.8 Å². The van der Waals surface area contributed by atoms with Gasteiger partial charge in [-0.15, -0.1) is 24.0 Å². The van der Waals surface area contributed by atoms with Crippen LogP contribution in [-0.2, 0) is 0 Å². The zero-order valence-electron chi connectivity index (χ0n) is 11.9. The fraction of sp³-hybridized carbons (Fsp3) is 0.923. The van der Waals surface area contributed by atoms with Crippen molar-refractivity contribution in [2.75, 3.05) is 32.1 Å². The molecule has 1 aliphatic rings. The molecular weight excluding hydrogens is 357 g/mol. The van der Waals surface area contributed by atoms with Gasteiger partial charge < -0.3 is 10.6 Å². The Morgan fingerprint density at radius 3 is 2.44 bits per heavy atom. The maximum absolute atomic E-state index is 4.24. The van der Waals surface area contributed by atoms with Crippen LogP contribution in [0.1, 0.15) is 32.6 Å². The zero-order valence-corrected chi connectivity index (χ0v) is 15.0. The minimum atomic E-state index is 0. The number of halogens is 1. The fourth-order valence-electron chi connectivity index (χ4n) is 2.27. The summed E-state index contributed by atoms with van der Waals surface area (Å²) in [6.07, 6.45) is 7.66. The molecule has 0 amide bonds. The third-order valence-corrected chi connectivity index (χ3v) is 4.13. The molecule has 0 saturated heterocycles. The number of nitrogens with one attached hydrogen (secondary N) is 2. The second-order valence-electron chi connectivity index (χ2n) is 5.00. The van der Waals surface area contributed by atoms with E-state index >= 15 is 0 Å². The Morgan fingerprint density at radius 2 is 1.89 bits per heavy atom. The Balaban J connectivity index is 0.00000289. The van der Waals surface area contributed by atoms with Crippen molar-refractivity contribution >= 4 is 41.7 Å². The molecule has 0 aromatic heterocycles. The smallest absolute Gasteiger partial charge is 0.191 e. The van der Waals surface area contributed by atoms with E-state index in [0.717, 1.165) is 36.6 Å². The van der Waals surface area contributed by atoms with Crippen molar-refractivity contribution in [1.29, 1.82) is 0 Å². The summed E-state index contributed by atoms with van der Waals surface area (Å²) in [4.78, 5) is 4.24. The number of nitrogens with zero attached hydrogens (tertiary/aromatic N) is 1. The van der Waals surface area contributed by atoms with Gasteiger partial charge in [-0.1, -0.05) is 19.8 Å².